The van der Waals surface area contributed by atoms with E-state index in [1.54, 1.807) is 4.90 Å². The van der Waals surface area contributed by atoms with Crippen molar-refractivity contribution in [3.63, 3.8) is 0 Å². The molecule has 0 aromatic rings. The van der Waals surface area contributed by atoms with Gasteiger partial charge in [0.1, 0.15) is 0 Å². The van der Waals surface area contributed by atoms with Gasteiger partial charge in [0.05, 0.1) is 0 Å². The van der Waals surface area contributed by atoms with Crippen molar-refractivity contribution in [1.29, 1.82) is 0 Å². The molecule has 0 rings (SSSR count). The summed E-state index contributed by atoms with van der Waals surface area (Å²) in [5, 5.41) is 11.4. The van der Waals surface area contributed by atoms with Crippen LogP contribution in [0.25, 0.3) is 0 Å². The number of carbonyl (C=O) groups excluding carboxylic acids is 1. The van der Waals surface area contributed by atoms with E-state index in [2.05, 4.69) is 5.32 Å². The van der Waals surface area contributed by atoms with Gasteiger partial charge in [-0.2, -0.15) is 0 Å². The molecule has 0 aliphatic heterocycles. The zero-order chi connectivity index (χ0) is 10.1. The van der Waals surface area contributed by atoms with Crippen molar-refractivity contribution >= 4 is 6.03 Å². The summed E-state index contributed by atoms with van der Waals surface area (Å²) < 4.78 is 0. The Morgan fingerprint density at radius 2 is 2.15 bits per heavy atom. The first-order valence-corrected chi connectivity index (χ1v) is 4.89. The van der Waals surface area contributed by atoms with Crippen LogP contribution in [0, 0.1) is 0 Å². The van der Waals surface area contributed by atoms with Crippen LogP contribution in [0.4, 0.5) is 4.79 Å². The molecule has 0 unspecified atom stereocenters. The molecule has 0 aromatic carbocycles. The summed E-state index contributed by atoms with van der Waals surface area (Å²) in [6.45, 7) is 6.12. The summed E-state index contributed by atoms with van der Waals surface area (Å²) in [6.07, 6.45) is 1.59. The standard InChI is InChI=1S/C9H20N2O2/c1-3-6-10-9(13)11(4-2)7-5-8-12/h12H,3-8H2,1-2H3,(H,10,13). The van der Waals surface area contributed by atoms with E-state index in [-0.39, 0.29) is 12.6 Å². The maximum atomic E-state index is 11.4. The van der Waals surface area contributed by atoms with Crippen molar-refractivity contribution in [3.8, 4) is 0 Å². The summed E-state index contributed by atoms with van der Waals surface area (Å²) in [7, 11) is 0. The Kier molecular flexibility index (Phi) is 7.39. The van der Waals surface area contributed by atoms with E-state index >= 15 is 0 Å². The summed E-state index contributed by atoms with van der Waals surface area (Å²) in [4.78, 5) is 13.1. The molecule has 0 saturated heterocycles. The fraction of sp³-hybridized carbons (Fsp3) is 0.889. The predicted molar refractivity (Wildman–Crippen MR) is 52.6 cm³/mol. The Morgan fingerprint density at radius 1 is 1.46 bits per heavy atom. The Balaban J connectivity index is 3.71. The van der Waals surface area contributed by atoms with Crippen LogP contribution in [0.5, 0.6) is 0 Å². The van der Waals surface area contributed by atoms with Crippen LogP contribution in [-0.2, 0) is 0 Å². The number of hydrogen-bond donors (Lipinski definition) is 2. The van der Waals surface area contributed by atoms with Gasteiger partial charge >= 0.3 is 6.03 Å². The molecule has 0 fully saturated rings. The molecule has 78 valence electrons. The zero-order valence-corrected chi connectivity index (χ0v) is 8.55. The lowest BCUT2D eigenvalue weighted by Crippen LogP contribution is -2.40. The molecule has 0 aliphatic carbocycles. The van der Waals surface area contributed by atoms with E-state index in [0.29, 0.717) is 26.1 Å². The number of urea groups is 1. The molecule has 4 nitrogen and oxygen atoms in total. The molecule has 0 aliphatic rings. The molecule has 0 aromatic heterocycles. The smallest absolute Gasteiger partial charge is 0.317 e. The second-order valence-electron chi connectivity index (χ2n) is 2.89. The number of aliphatic hydroxyl groups excluding tert-OH is 1. The van der Waals surface area contributed by atoms with Gasteiger partial charge in [-0.3, -0.25) is 0 Å². The fourth-order valence-corrected chi connectivity index (χ4v) is 1.01. The van der Waals surface area contributed by atoms with Crippen LogP contribution in [0.2, 0.25) is 0 Å². The molecule has 0 bridgehead atoms. The van der Waals surface area contributed by atoms with Gasteiger partial charge in [0.15, 0.2) is 0 Å². The second kappa shape index (κ2) is 7.86. The van der Waals surface area contributed by atoms with Gasteiger partial charge in [-0.15, -0.1) is 0 Å². The highest BCUT2D eigenvalue weighted by molar-refractivity contribution is 5.74. The van der Waals surface area contributed by atoms with Crippen molar-refractivity contribution in [2.45, 2.75) is 26.7 Å². The largest absolute Gasteiger partial charge is 0.396 e. The van der Waals surface area contributed by atoms with E-state index in [0.717, 1.165) is 6.42 Å². The highest BCUT2D eigenvalue weighted by atomic mass is 16.3. The first-order chi connectivity index (χ1) is 6.26. The van der Waals surface area contributed by atoms with Crippen molar-refractivity contribution < 1.29 is 9.90 Å². The maximum absolute atomic E-state index is 11.4. The normalized spacial score (nSPS) is 9.77. The van der Waals surface area contributed by atoms with Gasteiger partial charge in [0.25, 0.3) is 0 Å². The first-order valence-electron chi connectivity index (χ1n) is 4.89. The second-order valence-corrected chi connectivity index (χ2v) is 2.89. The molecule has 13 heavy (non-hydrogen) atoms. The Hall–Kier alpha value is -0.770. The van der Waals surface area contributed by atoms with E-state index in [1.807, 2.05) is 13.8 Å². The molecule has 0 heterocycles. The number of rotatable bonds is 6. The molecule has 2 N–H and O–H groups in total. The number of hydrogen-bond acceptors (Lipinski definition) is 2. The third-order valence-electron chi connectivity index (χ3n) is 1.78. The average molecular weight is 188 g/mol. The minimum absolute atomic E-state index is 0.0298. The van der Waals surface area contributed by atoms with E-state index in [9.17, 15) is 4.79 Å². The van der Waals surface area contributed by atoms with Crippen LogP contribution in [0.15, 0.2) is 0 Å². The summed E-state index contributed by atoms with van der Waals surface area (Å²) >= 11 is 0. The fourth-order valence-electron chi connectivity index (χ4n) is 1.01. The van der Waals surface area contributed by atoms with E-state index in [1.165, 1.54) is 0 Å². The van der Waals surface area contributed by atoms with Crippen LogP contribution in [0.3, 0.4) is 0 Å². The first kappa shape index (κ1) is 12.2. The van der Waals surface area contributed by atoms with Gasteiger partial charge in [-0.05, 0) is 19.8 Å². The van der Waals surface area contributed by atoms with E-state index < -0.39 is 0 Å². The Morgan fingerprint density at radius 3 is 2.62 bits per heavy atom. The average Bonchev–Trinajstić information content (AvgIpc) is 2.16. The summed E-state index contributed by atoms with van der Waals surface area (Å²) in [6, 6.07) is -0.0298. The molecule has 0 spiro atoms. The van der Waals surface area contributed by atoms with Crippen molar-refractivity contribution in [2.24, 2.45) is 0 Å². The molecule has 0 saturated carbocycles. The molecular formula is C9H20N2O2. The molecule has 0 radical (unpaired) electrons. The highest BCUT2D eigenvalue weighted by Gasteiger charge is 2.08. The topological polar surface area (TPSA) is 52.6 Å². The lowest BCUT2D eigenvalue weighted by Gasteiger charge is -2.20. The summed E-state index contributed by atoms with van der Waals surface area (Å²) in [5.41, 5.74) is 0. The maximum Gasteiger partial charge on any atom is 0.317 e. The predicted octanol–water partition coefficient (Wildman–Crippen LogP) is 0.810. The Bertz CT molecular complexity index is 140. The lowest BCUT2D eigenvalue weighted by molar-refractivity contribution is 0.192. The molecule has 4 heteroatoms. The number of carbonyl (C=O) groups is 1. The quantitative estimate of drug-likeness (QED) is 0.648. The van der Waals surface area contributed by atoms with Crippen LogP contribution < -0.4 is 5.32 Å². The zero-order valence-electron chi connectivity index (χ0n) is 8.55. The number of amides is 2. The minimum atomic E-state index is -0.0298. The number of aliphatic hydroxyl groups is 1. The van der Waals surface area contributed by atoms with Crippen LogP contribution >= 0.6 is 0 Å². The lowest BCUT2D eigenvalue weighted by atomic mass is 10.4. The van der Waals surface area contributed by atoms with Gasteiger partial charge in [0, 0.05) is 26.2 Å². The van der Waals surface area contributed by atoms with Gasteiger partial charge in [-0.25, -0.2) is 4.79 Å². The Labute approximate surface area is 79.9 Å². The van der Waals surface area contributed by atoms with Gasteiger partial charge in [-0.1, -0.05) is 6.92 Å². The third kappa shape index (κ3) is 5.47. The van der Waals surface area contributed by atoms with Gasteiger partial charge in [0.2, 0.25) is 0 Å². The highest BCUT2D eigenvalue weighted by Crippen LogP contribution is 1.91. The van der Waals surface area contributed by atoms with Gasteiger partial charge < -0.3 is 15.3 Å². The van der Waals surface area contributed by atoms with Crippen molar-refractivity contribution in [3.05, 3.63) is 0 Å². The van der Waals surface area contributed by atoms with Crippen molar-refractivity contribution in [1.82, 2.24) is 10.2 Å². The monoisotopic (exact) mass is 188 g/mol. The van der Waals surface area contributed by atoms with Crippen LogP contribution in [-0.4, -0.2) is 42.3 Å². The molecule has 0 atom stereocenters. The third-order valence-corrected chi connectivity index (χ3v) is 1.78. The SMILES string of the molecule is CCCNC(=O)N(CC)CCCO. The summed E-state index contributed by atoms with van der Waals surface area (Å²) in [5.74, 6) is 0. The molecule has 2 amide bonds. The number of nitrogens with one attached hydrogen (secondary N) is 1. The van der Waals surface area contributed by atoms with Crippen molar-refractivity contribution in [2.75, 3.05) is 26.2 Å². The van der Waals surface area contributed by atoms with E-state index in [4.69, 9.17) is 5.11 Å². The number of nitrogens with zero attached hydrogens (tertiary/aromatic N) is 1. The van der Waals surface area contributed by atoms with Crippen LogP contribution in [0.1, 0.15) is 26.7 Å². The minimum Gasteiger partial charge on any atom is -0.396 e. The molecular weight excluding hydrogens is 168 g/mol.